The minimum atomic E-state index is -0.875. The van der Waals surface area contributed by atoms with Crippen LogP contribution in [0.3, 0.4) is 0 Å². The zero-order valence-corrected chi connectivity index (χ0v) is 11.9. The zero-order chi connectivity index (χ0) is 15.4. The van der Waals surface area contributed by atoms with Crippen LogP contribution in [0.25, 0.3) is 5.65 Å². The molecule has 2 aromatic rings. The van der Waals surface area contributed by atoms with E-state index in [0.29, 0.717) is 35.8 Å². The minimum Gasteiger partial charge on any atom is -0.493 e. The van der Waals surface area contributed by atoms with Crippen LogP contribution in [0.15, 0.2) is 18.3 Å². The number of fused-ring (bicyclic) bond motifs is 1. The molecule has 0 aliphatic heterocycles. The molecule has 0 unspecified atom stereocenters. The highest BCUT2D eigenvalue weighted by atomic mass is 16.5. The van der Waals surface area contributed by atoms with Gasteiger partial charge in [-0.3, -0.25) is 14.0 Å². The van der Waals surface area contributed by atoms with Gasteiger partial charge in [0.25, 0.3) is 5.91 Å². The molecular formula is C14H17N3O4. The highest BCUT2D eigenvalue weighted by molar-refractivity contribution is 5.95. The Kier molecular flexibility index (Phi) is 4.42. The van der Waals surface area contributed by atoms with E-state index in [0.717, 1.165) is 0 Å². The number of hydrogen-bond acceptors (Lipinski definition) is 4. The molecule has 7 nitrogen and oxygen atoms in total. The molecule has 7 heteroatoms. The number of ether oxygens (including phenoxy) is 1. The number of aromatic nitrogens is 2. The van der Waals surface area contributed by atoms with Crippen molar-refractivity contribution in [1.29, 1.82) is 0 Å². The highest BCUT2D eigenvalue weighted by Crippen LogP contribution is 2.21. The van der Waals surface area contributed by atoms with Crippen LogP contribution in [0.1, 0.15) is 29.0 Å². The van der Waals surface area contributed by atoms with Crippen molar-refractivity contribution in [3.05, 3.63) is 29.7 Å². The molecule has 2 N–H and O–H groups in total. The van der Waals surface area contributed by atoms with Crippen LogP contribution in [0.5, 0.6) is 5.75 Å². The summed E-state index contributed by atoms with van der Waals surface area (Å²) in [5.74, 6) is -0.566. The van der Waals surface area contributed by atoms with Gasteiger partial charge < -0.3 is 15.2 Å². The fourth-order valence-electron chi connectivity index (χ4n) is 2.11. The molecule has 0 spiro atoms. The minimum absolute atomic E-state index is 0.0280. The molecule has 0 aliphatic rings. The van der Waals surface area contributed by atoms with Crippen LogP contribution in [0, 0.1) is 6.92 Å². The van der Waals surface area contributed by atoms with Gasteiger partial charge in [0.1, 0.15) is 5.69 Å². The highest BCUT2D eigenvalue weighted by Gasteiger charge is 2.18. The number of imidazole rings is 1. The molecule has 0 aliphatic carbocycles. The van der Waals surface area contributed by atoms with Crippen LogP contribution in [-0.4, -0.2) is 40.0 Å². The van der Waals surface area contributed by atoms with Crippen LogP contribution >= 0.6 is 0 Å². The number of rotatable bonds is 6. The van der Waals surface area contributed by atoms with Crippen molar-refractivity contribution in [3.63, 3.8) is 0 Å². The number of aliphatic carboxylic acids is 1. The number of hydrogen-bond donors (Lipinski definition) is 2. The molecule has 0 saturated carbocycles. The van der Waals surface area contributed by atoms with E-state index in [2.05, 4.69) is 10.3 Å². The summed E-state index contributed by atoms with van der Waals surface area (Å²) in [6.07, 6.45) is 2.16. The van der Waals surface area contributed by atoms with E-state index in [9.17, 15) is 9.59 Å². The van der Waals surface area contributed by atoms with E-state index >= 15 is 0 Å². The molecule has 0 atom stereocenters. The Labute approximate surface area is 121 Å². The second kappa shape index (κ2) is 6.25. The van der Waals surface area contributed by atoms with Gasteiger partial charge in [0.05, 0.1) is 12.8 Å². The fraction of sp³-hybridized carbons (Fsp3) is 0.357. The lowest BCUT2D eigenvalue weighted by Crippen LogP contribution is -2.26. The molecule has 2 rings (SSSR count). The van der Waals surface area contributed by atoms with E-state index in [1.54, 1.807) is 36.8 Å². The maximum Gasteiger partial charge on any atom is 0.303 e. The van der Waals surface area contributed by atoms with Crippen molar-refractivity contribution in [2.75, 3.05) is 13.7 Å². The normalized spacial score (nSPS) is 10.6. The van der Waals surface area contributed by atoms with Gasteiger partial charge >= 0.3 is 5.97 Å². The lowest BCUT2D eigenvalue weighted by molar-refractivity contribution is -0.137. The van der Waals surface area contributed by atoms with E-state index in [4.69, 9.17) is 9.84 Å². The van der Waals surface area contributed by atoms with Crippen molar-refractivity contribution in [2.24, 2.45) is 0 Å². The van der Waals surface area contributed by atoms with Crippen molar-refractivity contribution in [3.8, 4) is 5.75 Å². The summed E-state index contributed by atoms with van der Waals surface area (Å²) >= 11 is 0. The smallest absolute Gasteiger partial charge is 0.303 e. The molecular weight excluding hydrogens is 274 g/mol. The van der Waals surface area contributed by atoms with Crippen molar-refractivity contribution >= 4 is 17.5 Å². The van der Waals surface area contributed by atoms with Gasteiger partial charge in [0, 0.05) is 19.2 Å². The van der Waals surface area contributed by atoms with Gasteiger partial charge in [-0.2, -0.15) is 0 Å². The average molecular weight is 291 g/mol. The number of methoxy groups -OCH3 is 1. The number of pyridine rings is 1. The van der Waals surface area contributed by atoms with E-state index < -0.39 is 5.97 Å². The number of carbonyl (C=O) groups excluding carboxylic acids is 1. The standard InChI is InChI=1S/C14H17N3O4/c1-9-12(14(20)15-7-3-6-11(18)19)17-8-4-5-10(21-2)13(17)16-9/h4-5,8H,3,6-7H2,1-2H3,(H,15,20)(H,18,19). The van der Waals surface area contributed by atoms with E-state index in [1.165, 1.54) is 0 Å². The quantitative estimate of drug-likeness (QED) is 0.781. The summed E-state index contributed by atoms with van der Waals surface area (Å²) in [5, 5.41) is 11.3. The van der Waals surface area contributed by atoms with E-state index in [-0.39, 0.29) is 12.3 Å². The lowest BCUT2D eigenvalue weighted by Gasteiger charge is -2.06. The van der Waals surface area contributed by atoms with Crippen molar-refractivity contribution in [2.45, 2.75) is 19.8 Å². The molecule has 0 fully saturated rings. The first-order chi connectivity index (χ1) is 10.0. The number of aryl methyl sites for hydroxylation is 1. The van der Waals surface area contributed by atoms with Crippen LogP contribution < -0.4 is 10.1 Å². The van der Waals surface area contributed by atoms with Crippen molar-refractivity contribution < 1.29 is 19.4 Å². The number of nitrogens with one attached hydrogen (secondary N) is 1. The van der Waals surface area contributed by atoms with Gasteiger partial charge in [-0.05, 0) is 25.5 Å². The molecule has 1 amide bonds. The second-order valence-electron chi connectivity index (χ2n) is 4.57. The van der Waals surface area contributed by atoms with Gasteiger partial charge in [-0.15, -0.1) is 0 Å². The summed E-state index contributed by atoms with van der Waals surface area (Å²) in [7, 11) is 1.55. The lowest BCUT2D eigenvalue weighted by atomic mass is 10.3. The molecule has 112 valence electrons. The molecule has 2 aromatic heterocycles. The van der Waals surface area contributed by atoms with Gasteiger partial charge in [0.2, 0.25) is 0 Å². The van der Waals surface area contributed by atoms with Gasteiger partial charge in [0.15, 0.2) is 11.4 Å². The summed E-state index contributed by atoms with van der Waals surface area (Å²) in [6, 6.07) is 3.55. The van der Waals surface area contributed by atoms with Crippen molar-refractivity contribution in [1.82, 2.24) is 14.7 Å². The Hall–Kier alpha value is -2.57. The SMILES string of the molecule is COc1cccn2c(C(=O)NCCCC(=O)O)c(C)nc12. The number of nitrogens with zero attached hydrogens (tertiary/aromatic N) is 2. The third-order valence-electron chi connectivity index (χ3n) is 3.08. The summed E-state index contributed by atoms with van der Waals surface area (Å²) < 4.78 is 6.89. The number of carboxylic acids is 1. The molecule has 21 heavy (non-hydrogen) atoms. The Balaban J connectivity index is 2.19. The molecule has 0 saturated heterocycles. The Morgan fingerprint density at radius 2 is 2.24 bits per heavy atom. The number of amides is 1. The van der Waals surface area contributed by atoms with E-state index in [1.807, 2.05) is 0 Å². The summed E-state index contributed by atoms with van der Waals surface area (Å²) in [4.78, 5) is 27.0. The fourth-order valence-corrected chi connectivity index (χ4v) is 2.11. The van der Waals surface area contributed by atoms with Crippen LogP contribution in [0.4, 0.5) is 0 Å². The second-order valence-corrected chi connectivity index (χ2v) is 4.57. The zero-order valence-electron chi connectivity index (χ0n) is 11.9. The van der Waals surface area contributed by atoms with Gasteiger partial charge in [-0.1, -0.05) is 0 Å². The Morgan fingerprint density at radius 1 is 1.48 bits per heavy atom. The van der Waals surface area contributed by atoms with Gasteiger partial charge in [-0.25, -0.2) is 4.98 Å². The molecule has 0 bridgehead atoms. The third-order valence-corrected chi connectivity index (χ3v) is 3.08. The van der Waals surface area contributed by atoms with Crippen LogP contribution in [-0.2, 0) is 4.79 Å². The largest absolute Gasteiger partial charge is 0.493 e. The molecule has 0 radical (unpaired) electrons. The Morgan fingerprint density at radius 3 is 2.90 bits per heavy atom. The molecule has 0 aromatic carbocycles. The topological polar surface area (TPSA) is 92.9 Å². The number of carbonyl (C=O) groups is 2. The molecule has 2 heterocycles. The maximum atomic E-state index is 12.2. The maximum absolute atomic E-state index is 12.2. The first-order valence-electron chi connectivity index (χ1n) is 6.56. The first-order valence-corrected chi connectivity index (χ1v) is 6.56. The predicted molar refractivity (Wildman–Crippen MR) is 75.7 cm³/mol. The average Bonchev–Trinajstić information content (AvgIpc) is 2.79. The Bertz CT molecular complexity index is 678. The van der Waals surface area contributed by atoms with Crippen LogP contribution in [0.2, 0.25) is 0 Å². The summed E-state index contributed by atoms with van der Waals surface area (Å²) in [5.41, 5.74) is 1.60. The monoisotopic (exact) mass is 291 g/mol. The summed E-state index contributed by atoms with van der Waals surface area (Å²) in [6.45, 7) is 2.06. The first kappa shape index (κ1) is 14.8. The predicted octanol–water partition coefficient (Wildman–Crippen LogP) is 1.25. The third kappa shape index (κ3) is 3.13. The number of carboxylic acid groups (broad SMARTS) is 1.